The number of ether oxygens (including phenoxy) is 6. The molecule has 3 aliphatic rings. The van der Waals surface area contributed by atoms with Crippen LogP contribution in [-0.4, -0.2) is 98.5 Å². The monoisotopic (exact) mass is 952 g/mol. The number of nitrogens with two attached hydrogens (primary N) is 4. The molecule has 2 aromatic carbocycles. The number of unbranched alkanes of at least 4 members (excludes halogenated alkanes) is 12. The zero-order valence-corrected chi connectivity index (χ0v) is 41.4. The van der Waals surface area contributed by atoms with Gasteiger partial charge in [0.15, 0.2) is 18.7 Å². The van der Waals surface area contributed by atoms with E-state index in [9.17, 15) is 14.4 Å². The molecule has 5 rings (SSSR count). The molecule has 1 saturated carbocycles. The molecule has 2 aromatic rings. The fraction of sp³-hybridized carbons (Fsp3) is 0.712. The molecule has 16 nitrogen and oxygen atoms in total. The number of benzene rings is 2. The first-order chi connectivity index (χ1) is 32.8. The molecule has 1 aliphatic carbocycles. The summed E-state index contributed by atoms with van der Waals surface area (Å²) in [5.41, 5.74) is 27.9. The first-order valence-corrected chi connectivity index (χ1v) is 25.7. The molecule has 0 spiro atoms. The predicted octanol–water partition coefficient (Wildman–Crippen LogP) is 7.93. The van der Waals surface area contributed by atoms with Gasteiger partial charge in [-0.1, -0.05) is 148 Å². The number of amides is 3. The van der Waals surface area contributed by atoms with Crippen LogP contribution < -0.4 is 38.9 Å². The molecule has 7 unspecified atom stereocenters. The van der Waals surface area contributed by atoms with Crippen LogP contribution in [0.25, 0.3) is 0 Å². The van der Waals surface area contributed by atoms with E-state index in [2.05, 4.69) is 22.9 Å². The van der Waals surface area contributed by atoms with Crippen molar-refractivity contribution in [3.05, 3.63) is 60.7 Å². The van der Waals surface area contributed by atoms with Crippen LogP contribution in [0.5, 0.6) is 0 Å². The smallest absolute Gasteiger partial charge is 0.412 e. The molecule has 0 aromatic heterocycles. The minimum atomic E-state index is -1.17. The van der Waals surface area contributed by atoms with Crippen molar-refractivity contribution in [2.45, 2.75) is 198 Å². The summed E-state index contributed by atoms with van der Waals surface area (Å²) in [5.74, 6) is -1.25. The van der Waals surface area contributed by atoms with Crippen molar-refractivity contribution in [1.82, 2.24) is 5.32 Å². The molecule has 382 valence electrons. The maximum absolute atomic E-state index is 13.7. The molecule has 3 fully saturated rings. The second-order valence-electron chi connectivity index (χ2n) is 19.6. The second kappa shape index (κ2) is 28.7. The van der Waals surface area contributed by atoms with Gasteiger partial charge in [0.05, 0.1) is 12.2 Å². The van der Waals surface area contributed by atoms with Crippen molar-refractivity contribution >= 4 is 29.5 Å². The Balaban J connectivity index is 1.22. The number of anilines is 2. The molecule has 3 amide bonds. The third-order valence-electron chi connectivity index (χ3n) is 14.3. The highest BCUT2D eigenvalue weighted by Crippen LogP contribution is 2.38. The van der Waals surface area contributed by atoms with Crippen LogP contribution in [0.3, 0.4) is 0 Å². The molecule has 2 aliphatic heterocycles. The average Bonchev–Trinajstić information content (AvgIpc) is 3.32. The Bertz CT molecular complexity index is 1770. The van der Waals surface area contributed by atoms with Crippen LogP contribution in [0.1, 0.15) is 131 Å². The molecular formula is C52H85N7O9. The zero-order chi connectivity index (χ0) is 49.0. The highest BCUT2D eigenvalue weighted by molar-refractivity contribution is 5.85. The van der Waals surface area contributed by atoms with Gasteiger partial charge < -0.3 is 56.7 Å². The molecule has 2 heterocycles. The Kier molecular flexibility index (Phi) is 23.2. The van der Waals surface area contributed by atoms with E-state index in [1.54, 1.807) is 36.4 Å². The molecule has 16 heteroatoms. The lowest BCUT2D eigenvalue weighted by Crippen LogP contribution is -2.67. The fourth-order valence-corrected chi connectivity index (χ4v) is 9.87. The van der Waals surface area contributed by atoms with Gasteiger partial charge in [-0.15, -0.1) is 0 Å². The number of rotatable bonds is 25. The van der Waals surface area contributed by atoms with Crippen LogP contribution in [0.2, 0.25) is 0 Å². The van der Waals surface area contributed by atoms with Crippen molar-refractivity contribution in [2.24, 2.45) is 46.6 Å². The van der Waals surface area contributed by atoms with Crippen molar-refractivity contribution in [3.8, 4) is 0 Å². The van der Waals surface area contributed by atoms with Gasteiger partial charge in [0.1, 0.15) is 18.3 Å². The van der Waals surface area contributed by atoms with E-state index in [1.807, 2.05) is 52.0 Å². The first-order valence-electron chi connectivity index (χ1n) is 25.7. The first kappa shape index (κ1) is 55.1. The Labute approximate surface area is 405 Å². The quantitative estimate of drug-likeness (QED) is 0.0468. The normalized spacial score (nSPS) is 31.6. The van der Waals surface area contributed by atoms with Crippen LogP contribution in [-0.2, 0) is 33.2 Å². The molecule has 68 heavy (non-hydrogen) atoms. The lowest BCUT2D eigenvalue weighted by Gasteiger charge is -2.50. The van der Waals surface area contributed by atoms with Gasteiger partial charge in [-0.05, 0) is 43.0 Å². The van der Waals surface area contributed by atoms with E-state index >= 15 is 0 Å². The van der Waals surface area contributed by atoms with Gasteiger partial charge in [0, 0.05) is 66.8 Å². The lowest BCUT2D eigenvalue weighted by atomic mass is 9.82. The van der Waals surface area contributed by atoms with Crippen molar-refractivity contribution in [1.29, 1.82) is 0 Å². The maximum atomic E-state index is 13.7. The van der Waals surface area contributed by atoms with Crippen molar-refractivity contribution in [3.63, 3.8) is 0 Å². The topological polar surface area (TPSA) is 247 Å². The molecule has 0 bridgehead atoms. The van der Waals surface area contributed by atoms with Gasteiger partial charge >= 0.3 is 12.2 Å². The highest BCUT2D eigenvalue weighted by Gasteiger charge is 2.53. The summed E-state index contributed by atoms with van der Waals surface area (Å²) in [6.07, 6.45) is 8.71. The Morgan fingerprint density at radius 3 is 1.53 bits per heavy atom. The third kappa shape index (κ3) is 16.6. The largest absolute Gasteiger partial charge is 0.445 e. The van der Waals surface area contributed by atoms with Gasteiger partial charge in [0.25, 0.3) is 0 Å². The van der Waals surface area contributed by atoms with E-state index in [-0.39, 0.29) is 49.2 Å². The van der Waals surface area contributed by atoms with Crippen LogP contribution in [0, 0.1) is 23.7 Å². The average molecular weight is 952 g/mol. The van der Waals surface area contributed by atoms with E-state index in [1.165, 1.54) is 64.2 Å². The number of hydrogen-bond donors (Lipinski definition) is 7. The summed E-state index contributed by atoms with van der Waals surface area (Å²) in [5, 5.41) is 8.65. The Morgan fingerprint density at radius 2 is 1.03 bits per heavy atom. The number of nitrogens with one attached hydrogen (secondary N) is 3. The molecule has 2 saturated heterocycles. The van der Waals surface area contributed by atoms with E-state index in [4.69, 9.17) is 51.4 Å². The van der Waals surface area contributed by atoms with Crippen molar-refractivity contribution in [2.75, 3.05) is 23.7 Å². The minimum absolute atomic E-state index is 0.0235. The number of para-hydroxylation sites is 2. The fourth-order valence-electron chi connectivity index (χ4n) is 9.87. The predicted molar refractivity (Wildman–Crippen MR) is 265 cm³/mol. The van der Waals surface area contributed by atoms with Crippen LogP contribution in [0.15, 0.2) is 60.7 Å². The van der Waals surface area contributed by atoms with E-state index < -0.39 is 79.4 Å². The molecule has 0 radical (unpaired) electrons. The summed E-state index contributed by atoms with van der Waals surface area (Å²) in [6, 6.07) is 16.1. The van der Waals surface area contributed by atoms with Gasteiger partial charge in [0.2, 0.25) is 5.91 Å². The molecular weight excluding hydrogens is 867 g/mol. The SMILES string of the molecule is CCCCCCCCCCCCCCCC(=O)NCC1O[C@@H](O[C@H]2C(OC(=O)Nc3ccccc3)C(O[C@@H]3OC(CN)[C@H](C)C(OC(=O)Nc4ccccc4)C3C)[C@@H](N)C[C@H]2N)C(C)[C@@H](N)[C@H]1C. The van der Waals surface area contributed by atoms with E-state index in [0.29, 0.717) is 17.8 Å². The van der Waals surface area contributed by atoms with Crippen LogP contribution >= 0.6 is 0 Å². The number of carbonyl (C=O) groups is 3. The molecule has 15 atom stereocenters. The highest BCUT2D eigenvalue weighted by atomic mass is 16.7. The van der Waals surface area contributed by atoms with Gasteiger partial charge in [-0.2, -0.15) is 0 Å². The summed E-state index contributed by atoms with van der Waals surface area (Å²) in [6.45, 7) is 10.4. The summed E-state index contributed by atoms with van der Waals surface area (Å²) < 4.78 is 38.9. The summed E-state index contributed by atoms with van der Waals surface area (Å²) in [4.78, 5) is 40.0. The Morgan fingerprint density at radius 1 is 0.574 bits per heavy atom. The number of carbonyl (C=O) groups excluding carboxylic acids is 3. The summed E-state index contributed by atoms with van der Waals surface area (Å²) in [7, 11) is 0. The standard InChI is InChI=1S/C52H85N7O9/c1-6-7-8-9-10-11-12-13-14-15-16-17-24-29-43(60)57-32-42-33(2)44(56)35(4)49(64-42)65-46-39(54)30-40(55)47(48(46)68-52(62)59-38-27-22-19-23-28-38)66-50-36(5)45(34(3)41(31-53)63-50)67-51(61)58-37-25-20-18-21-26-37/h18-23,25-28,33-36,39-42,44-50H,6-17,24,29-32,53-56H2,1-5H3,(H,57,60)(H,58,61)(H,59,62)/t33-,34-,35?,36?,39+,40-,41?,42?,44-,45?,46+,47?,48?,49-,50-/m0/s1. The second-order valence-corrected chi connectivity index (χ2v) is 19.6. The molecule has 11 N–H and O–H groups in total. The minimum Gasteiger partial charge on any atom is -0.445 e. The summed E-state index contributed by atoms with van der Waals surface area (Å²) >= 11 is 0. The zero-order valence-electron chi connectivity index (χ0n) is 41.4. The Hall–Kier alpha value is -3.87. The lowest BCUT2D eigenvalue weighted by molar-refractivity contribution is -0.308. The van der Waals surface area contributed by atoms with Gasteiger partial charge in [-0.25, -0.2) is 9.59 Å². The van der Waals surface area contributed by atoms with Crippen molar-refractivity contribution < 1.29 is 42.8 Å². The maximum Gasteiger partial charge on any atom is 0.412 e. The van der Waals surface area contributed by atoms with Crippen LogP contribution in [0.4, 0.5) is 21.0 Å². The van der Waals surface area contributed by atoms with Gasteiger partial charge in [-0.3, -0.25) is 15.4 Å². The third-order valence-corrected chi connectivity index (χ3v) is 14.3. The van der Waals surface area contributed by atoms with E-state index in [0.717, 1.165) is 19.3 Å². The number of hydrogen-bond acceptors (Lipinski definition) is 13.